The van der Waals surface area contributed by atoms with Crippen LogP contribution in [-0.2, 0) is 16.0 Å². The molecular weight excluding hydrogens is 356 g/mol. The Labute approximate surface area is 167 Å². The van der Waals surface area contributed by atoms with Gasteiger partial charge in [-0.25, -0.2) is 0 Å². The Morgan fingerprint density at radius 2 is 1.93 bits per heavy atom. The van der Waals surface area contributed by atoms with Gasteiger partial charge in [0, 0.05) is 70.0 Å². The summed E-state index contributed by atoms with van der Waals surface area (Å²) >= 11 is 0. The lowest BCUT2D eigenvalue weighted by Gasteiger charge is -2.46. The van der Waals surface area contributed by atoms with Gasteiger partial charge in [-0.15, -0.1) is 0 Å². The van der Waals surface area contributed by atoms with Gasteiger partial charge in [0.05, 0.1) is 0 Å². The van der Waals surface area contributed by atoms with Crippen molar-refractivity contribution in [1.82, 2.24) is 19.7 Å². The van der Waals surface area contributed by atoms with E-state index in [-0.39, 0.29) is 18.2 Å². The van der Waals surface area contributed by atoms with Crippen LogP contribution in [0.5, 0.6) is 0 Å². The minimum Gasteiger partial charge on any atom is -0.481 e. The summed E-state index contributed by atoms with van der Waals surface area (Å²) in [6.07, 6.45) is 4.60. The number of pyridine rings is 1. The zero-order chi connectivity index (χ0) is 19.9. The van der Waals surface area contributed by atoms with Gasteiger partial charge in [-0.3, -0.25) is 19.5 Å². The number of aryl methyl sites for hydroxylation is 1. The fourth-order valence-electron chi connectivity index (χ4n) is 4.41. The number of piperidine rings is 1. The maximum atomic E-state index is 12.7. The third kappa shape index (κ3) is 5.75. The van der Waals surface area contributed by atoms with Gasteiger partial charge in [0.1, 0.15) is 0 Å². The van der Waals surface area contributed by atoms with E-state index in [0.717, 1.165) is 44.8 Å². The van der Waals surface area contributed by atoms with Crippen LogP contribution < -0.4 is 0 Å². The van der Waals surface area contributed by atoms with E-state index >= 15 is 0 Å². The minimum absolute atomic E-state index is 0.155. The van der Waals surface area contributed by atoms with Crippen molar-refractivity contribution in [2.24, 2.45) is 5.92 Å². The van der Waals surface area contributed by atoms with Gasteiger partial charge in [-0.05, 0) is 44.4 Å². The van der Waals surface area contributed by atoms with Crippen molar-refractivity contribution in [2.75, 3.05) is 46.3 Å². The molecule has 1 amide bonds. The smallest absolute Gasteiger partial charge is 0.303 e. The maximum absolute atomic E-state index is 12.7. The van der Waals surface area contributed by atoms with E-state index in [1.165, 1.54) is 0 Å². The van der Waals surface area contributed by atoms with Crippen molar-refractivity contribution in [3.8, 4) is 0 Å². The molecule has 2 aliphatic rings. The zero-order valence-corrected chi connectivity index (χ0v) is 16.8. The number of aliphatic carboxylic acids is 1. The fraction of sp³-hybridized carbons (Fsp3) is 0.667. The molecule has 7 heteroatoms. The van der Waals surface area contributed by atoms with E-state index in [9.17, 15) is 9.59 Å². The zero-order valence-electron chi connectivity index (χ0n) is 16.8. The number of likely N-dealkylation sites (tertiary alicyclic amines) is 1. The van der Waals surface area contributed by atoms with Crippen molar-refractivity contribution >= 4 is 11.9 Å². The highest BCUT2D eigenvalue weighted by Gasteiger charge is 2.35. The van der Waals surface area contributed by atoms with Crippen LogP contribution >= 0.6 is 0 Å². The van der Waals surface area contributed by atoms with E-state index in [4.69, 9.17) is 5.11 Å². The largest absolute Gasteiger partial charge is 0.481 e. The van der Waals surface area contributed by atoms with E-state index in [1.54, 1.807) is 6.20 Å². The molecule has 2 saturated heterocycles. The lowest BCUT2D eigenvalue weighted by atomic mass is 9.86. The topological polar surface area (TPSA) is 77.0 Å². The highest BCUT2D eigenvalue weighted by molar-refractivity contribution is 5.76. The summed E-state index contributed by atoms with van der Waals surface area (Å²) in [5.41, 5.74) is 0.936. The molecular formula is C21H32N4O3. The van der Waals surface area contributed by atoms with Gasteiger partial charge in [-0.1, -0.05) is 6.07 Å². The second kappa shape index (κ2) is 9.98. The monoisotopic (exact) mass is 388 g/mol. The lowest BCUT2D eigenvalue weighted by molar-refractivity contribution is -0.138. The predicted octanol–water partition coefficient (Wildman–Crippen LogP) is 1.34. The number of nitrogens with zero attached hydrogens (tertiary/aromatic N) is 4. The summed E-state index contributed by atoms with van der Waals surface area (Å²) in [4.78, 5) is 35.0. The Morgan fingerprint density at radius 3 is 2.61 bits per heavy atom. The molecule has 0 radical (unpaired) electrons. The second-order valence-electron chi connectivity index (χ2n) is 8.05. The highest BCUT2D eigenvalue weighted by Crippen LogP contribution is 2.27. The molecule has 28 heavy (non-hydrogen) atoms. The first-order valence-electron chi connectivity index (χ1n) is 10.3. The number of amides is 1. The van der Waals surface area contributed by atoms with E-state index < -0.39 is 5.97 Å². The van der Waals surface area contributed by atoms with Crippen molar-refractivity contribution in [1.29, 1.82) is 0 Å². The molecule has 0 saturated carbocycles. The Balaban J connectivity index is 1.57. The standard InChI is InChI=1S/C21H32N4O3/c1-23-12-14-24(15-13-23)19-9-11-25(16-17(19)5-8-21(27)28)20(26)7-6-18-4-2-3-10-22-18/h2-4,10,17,19H,5-9,11-16H2,1H3,(H,27,28)/t17-,19+/m0/s1. The first-order valence-corrected chi connectivity index (χ1v) is 10.3. The number of carboxylic acids is 1. The summed E-state index contributed by atoms with van der Waals surface area (Å²) in [7, 11) is 2.14. The molecule has 2 atom stereocenters. The first-order chi connectivity index (χ1) is 13.5. The van der Waals surface area contributed by atoms with Crippen LogP contribution in [0.2, 0.25) is 0 Å². The third-order valence-corrected chi connectivity index (χ3v) is 6.10. The fourth-order valence-corrected chi connectivity index (χ4v) is 4.41. The number of likely N-dealkylation sites (N-methyl/N-ethyl adjacent to an activating group) is 1. The molecule has 3 rings (SSSR count). The summed E-state index contributed by atoms with van der Waals surface area (Å²) in [6, 6.07) is 6.15. The van der Waals surface area contributed by atoms with Gasteiger partial charge < -0.3 is 14.9 Å². The highest BCUT2D eigenvalue weighted by atomic mass is 16.4. The Kier molecular flexibility index (Phi) is 7.39. The molecule has 3 heterocycles. The lowest BCUT2D eigenvalue weighted by Crippen LogP contribution is -2.57. The Bertz CT molecular complexity index is 646. The molecule has 0 unspecified atom stereocenters. The summed E-state index contributed by atoms with van der Waals surface area (Å²) < 4.78 is 0. The second-order valence-corrected chi connectivity index (χ2v) is 8.05. The normalized spacial score (nSPS) is 24.2. The first kappa shape index (κ1) is 20.7. The summed E-state index contributed by atoms with van der Waals surface area (Å²) in [5, 5.41) is 9.15. The number of hydrogen-bond acceptors (Lipinski definition) is 5. The molecule has 2 aliphatic heterocycles. The molecule has 0 aliphatic carbocycles. The van der Waals surface area contributed by atoms with Gasteiger partial charge in [0.15, 0.2) is 0 Å². The number of carbonyl (C=O) groups is 2. The van der Waals surface area contributed by atoms with Crippen LogP contribution in [0, 0.1) is 5.92 Å². The number of piperazine rings is 1. The van der Waals surface area contributed by atoms with Crippen molar-refractivity contribution in [2.45, 2.75) is 38.1 Å². The molecule has 1 aromatic rings. The average Bonchev–Trinajstić information content (AvgIpc) is 2.71. The van der Waals surface area contributed by atoms with Crippen LogP contribution in [0.25, 0.3) is 0 Å². The van der Waals surface area contributed by atoms with Gasteiger partial charge in [-0.2, -0.15) is 0 Å². The van der Waals surface area contributed by atoms with Crippen molar-refractivity contribution in [3.05, 3.63) is 30.1 Å². The van der Waals surface area contributed by atoms with Crippen LogP contribution in [0.3, 0.4) is 0 Å². The van der Waals surface area contributed by atoms with Crippen LogP contribution in [0.15, 0.2) is 24.4 Å². The summed E-state index contributed by atoms with van der Waals surface area (Å²) in [5.74, 6) is -0.370. The Hall–Kier alpha value is -1.99. The van der Waals surface area contributed by atoms with Gasteiger partial charge >= 0.3 is 5.97 Å². The number of carbonyl (C=O) groups excluding carboxylic acids is 1. The molecule has 1 N–H and O–H groups in total. The molecule has 0 bridgehead atoms. The predicted molar refractivity (Wildman–Crippen MR) is 107 cm³/mol. The molecule has 2 fully saturated rings. The molecule has 0 aromatic carbocycles. The average molecular weight is 389 g/mol. The van der Waals surface area contributed by atoms with Crippen LogP contribution in [-0.4, -0.2) is 89.0 Å². The van der Waals surface area contributed by atoms with E-state index in [1.807, 2.05) is 23.1 Å². The number of aromatic nitrogens is 1. The number of rotatable bonds is 7. The molecule has 7 nitrogen and oxygen atoms in total. The molecule has 1 aromatic heterocycles. The van der Waals surface area contributed by atoms with Crippen LogP contribution in [0.1, 0.15) is 31.4 Å². The quantitative estimate of drug-likeness (QED) is 0.760. The molecule has 154 valence electrons. The summed E-state index contributed by atoms with van der Waals surface area (Å²) in [6.45, 7) is 5.59. The van der Waals surface area contributed by atoms with Crippen molar-refractivity contribution < 1.29 is 14.7 Å². The maximum Gasteiger partial charge on any atom is 0.303 e. The van der Waals surface area contributed by atoms with Crippen molar-refractivity contribution in [3.63, 3.8) is 0 Å². The number of carboxylic acid groups (broad SMARTS) is 1. The number of hydrogen-bond donors (Lipinski definition) is 1. The SMILES string of the molecule is CN1CCN([C@@H]2CCN(C(=O)CCc3ccccn3)C[C@@H]2CCC(=O)O)CC1. The van der Waals surface area contributed by atoms with Gasteiger partial charge in [0.2, 0.25) is 5.91 Å². The van der Waals surface area contributed by atoms with Gasteiger partial charge in [0.25, 0.3) is 0 Å². The third-order valence-electron chi connectivity index (χ3n) is 6.10. The van der Waals surface area contributed by atoms with Crippen LogP contribution in [0.4, 0.5) is 0 Å². The Morgan fingerprint density at radius 1 is 1.14 bits per heavy atom. The van der Waals surface area contributed by atoms with E-state index in [0.29, 0.717) is 31.8 Å². The minimum atomic E-state index is -0.754. The molecule has 0 spiro atoms. The van der Waals surface area contributed by atoms with E-state index in [2.05, 4.69) is 21.8 Å².